The zero-order chi connectivity index (χ0) is 32.2. The van der Waals surface area contributed by atoms with Gasteiger partial charge in [-0.05, 0) is 89.1 Å². The Balaban J connectivity index is 1.49. The summed E-state index contributed by atoms with van der Waals surface area (Å²) in [5.74, 6) is -1.38. The number of piperazine rings is 1. The van der Waals surface area contributed by atoms with E-state index in [4.69, 9.17) is 9.47 Å². The second kappa shape index (κ2) is 12.9. The SMILES string of the molecule is CC(C)(C)OC(=O)Nc1ccc(-c2cc(F)cc(F)c2)cc1NC(=O)c1ccc(N2CCN(C(=O)OC(C)(C)C)CC2)nc1. The second-order valence-electron chi connectivity index (χ2n) is 12.4. The molecule has 0 saturated carbocycles. The number of aromatic nitrogens is 1. The fraction of sp³-hybridized carbons (Fsp3) is 0.375. The van der Waals surface area contributed by atoms with Crippen LogP contribution < -0.4 is 15.5 Å². The van der Waals surface area contributed by atoms with Gasteiger partial charge in [0.25, 0.3) is 5.91 Å². The third-order valence-corrected chi connectivity index (χ3v) is 6.36. The summed E-state index contributed by atoms with van der Waals surface area (Å²) in [6.45, 7) is 12.7. The number of rotatable bonds is 5. The molecule has 2 N–H and O–H groups in total. The molecule has 3 amide bonds. The quantitative estimate of drug-likeness (QED) is 0.332. The minimum atomic E-state index is -0.762. The molecule has 1 saturated heterocycles. The molecule has 0 atom stereocenters. The van der Waals surface area contributed by atoms with Gasteiger partial charge in [0.1, 0.15) is 28.7 Å². The maximum Gasteiger partial charge on any atom is 0.412 e. The number of nitrogens with one attached hydrogen (secondary N) is 2. The van der Waals surface area contributed by atoms with E-state index >= 15 is 0 Å². The lowest BCUT2D eigenvalue weighted by Gasteiger charge is -2.36. The summed E-state index contributed by atoms with van der Waals surface area (Å²) in [5.41, 5.74) is -0.0237. The molecule has 4 rings (SSSR count). The van der Waals surface area contributed by atoms with Gasteiger partial charge in [-0.1, -0.05) is 6.07 Å². The molecule has 0 unspecified atom stereocenters. The highest BCUT2D eigenvalue weighted by Crippen LogP contribution is 2.31. The van der Waals surface area contributed by atoms with Gasteiger partial charge in [0.15, 0.2) is 0 Å². The predicted molar refractivity (Wildman–Crippen MR) is 164 cm³/mol. The zero-order valence-corrected chi connectivity index (χ0v) is 25.7. The first-order valence-corrected chi connectivity index (χ1v) is 14.2. The first kappa shape index (κ1) is 32.2. The van der Waals surface area contributed by atoms with E-state index in [9.17, 15) is 23.2 Å². The molecule has 1 aromatic heterocycles. The molecule has 12 heteroatoms. The van der Waals surface area contributed by atoms with E-state index in [1.807, 2.05) is 25.7 Å². The number of carbonyl (C=O) groups excluding carboxylic acids is 3. The molecule has 0 aliphatic carbocycles. The van der Waals surface area contributed by atoms with Crippen LogP contribution in [0.25, 0.3) is 11.1 Å². The van der Waals surface area contributed by atoms with Gasteiger partial charge in [-0.15, -0.1) is 0 Å². The maximum absolute atomic E-state index is 13.9. The lowest BCUT2D eigenvalue weighted by Crippen LogP contribution is -2.50. The molecular weight excluding hydrogens is 572 g/mol. The van der Waals surface area contributed by atoms with E-state index < -0.39 is 34.8 Å². The van der Waals surface area contributed by atoms with Crippen LogP contribution in [0.5, 0.6) is 0 Å². The first-order chi connectivity index (χ1) is 20.6. The van der Waals surface area contributed by atoms with E-state index in [-0.39, 0.29) is 28.6 Å². The Morgan fingerprint density at radius 1 is 0.750 bits per heavy atom. The van der Waals surface area contributed by atoms with Crippen molar-refractivity contribution in [3.63, 3.8) is 0 Å². The summed E-state index contributed by atoms with van der Waals surface area (Å²) < 4.78 is 38.6. The van der Waals surface area contributed by atoms with Crippen molar-refractivity contribution < 1.29 is 32.6 Å². The van der Waals surface area contributed by atoms with Crippen LogP contribution in [0.4, 0.5) is 35.6 Å². The van der Waals surface area contributed by atoms with Gasteiger partial charge in [0, 0.05) is 38.4 Å². The monoisotopic (exact) mass is 609 g/mol. The minimum Gasteiger partial charge on any atom is -0.444 e. The average Bonchev–Trinajstić information content (AvgIpc) is 2.91. The van der Waals surface area contributed by atoms with E-state index in [0.29, 0.717) is 37.6 Å². The van der Waals surface area contributed by atoms with Crippen molar-refractivity contribution in [2.45, 2.75) is 52.7 Å². The van der Waals surface area contributed by atoms with Crippen LogP contribution in [0, 0.1) is 11.6 Å². The van der Waals surface area contributed by atoms with Crippen molar-refractivity contribution in [3.05, 3.63) is 71.9 Å². The van der Waals surface area contributed by atoms with E-state index in [2.05, 4.69) is 15.6 Å². The molecule has 0 bridgehead atoms. The van der Waals surface area contributed by atoms with Crippen molar-refractivity contribution >= 4 is 35.3 Å². The number of ether oxygens (including phenoxy) is 2. The van der Waals surface area contributed by atoms with Crippen molar-refractivity contribution in [2.75, 3.05) is 41.7 Å². The van der Waals surface area contributed by atoms with Crippen LogP contribution in [0.15, 0.2) is 54.7 Å². The molecule has 1 fully saturated rings. The highest BCUT2D eigenvalue weighted by Gasteiger charge is 2.26. The number of anilines is 3. The molecule has 2 heterocycles. The zero-order valence-electron chi connectivity index (χ0n) is 25.7. The van der Waals surface area contributed by atoms with Crippen LogP contribution in [-0.2, 0) is 9.47 Å². The Morgan fingerprint density at radius 3 is 1.95 bits per heavy atom. The molecule has 1 aliphatic rings. The minimum absolute atomic E-state index is 0.186. The Bertz CT molecular complexity index is 1510. The number of amides is 3. The summed E-state index contributed by atoms with van der Waals surface area (Å²) in [6.07, 6.45) is 0.331. The summed E-state index contributed by atoms with van der Waals surface area (Å²) in [6, 6.07) is 11.0. The Morgan fingerprint density at radius 2 is 1.39 bits per heavy atom. The van der Waals surface area contributed by atoms with Crippen LogP contribution in [0.1, 0.15) is 51.9 Å². The van der Waals surface area contributed by atoms with E-state index in [1.165, 1.54) is 30.5 Å². The van der Waals surface area contributed by atoms with Gasteiger partial charge >= 0.3 is 12.2 Å². The predicted octanol–water partition coefficient (Wildman–Crippen LogP) is 6.68. The van der Waals surface area contributed by atoms with Gasteiger partial charge in [0.2, 0.25) is 0 Å². The van der Waals surface area contributed by atoms with Crippen molar-refractivity contribution in [1.29, 1.82) is 0 Å². The summed E-state index contributed by atoms with van der Waals surface area (Å²) in [5, 5.41) is 5.38. The molecule has 234 valence electrons. The molecule has 44 heavy (non-hydrogen) atoms. The lowest BCUT2D eigenvalue weighted by molar-refractivity contribution is 0.0240. The first-order valence-electron chi connectivity index (χ1n) is 14.2. The standard InChI is InChI=1S/C32H37F2N5O5/c1-31(2,3)43-29(41)37-25-9-7-20(22-15-23(33)18-24(34)16-22)17-26(25)36-28(40)21-8-10-27(35-19-21)38-11-13-39(14-12-38)30(42)44-32(4,5)6/h7-10,15-19H,11-14H2,1-6H3,(H,36,40)(H,37,41). The third-order valence-electron chi connectivity index (χ3n) is 6.36. The third kappa shape index (κ3) is 8.88. The van der Waals surface area contributed by atoms with E-state index in [1.54, 1.807) is 43.9 Å². The number of benzene rings is 2. The summed E-state index contributed by atoms with van der Waals surface area (Å²) in [4.78, 5) is 46.2. The van der Waals surface area contributed by atoms with Gasteiger partial charge < -0.3 is 24.6 Å². The number of carbonyl (C=O) groups is 3. The van der Waals surface area contributed by atoms with Gasteiger partial charge in [-0.25, -0.2) is 23.4 Å². The summed E-state index contributed by atoms with van der Waals surface area (Å²) >= 11 is 0. The number of hydrogen-bond acceptors (Lipinski definition) is 7. The van der Waals surface area contributed by atoms with Gasteiger partial charge in [-0.3, -0.25) is 10.1 Å². The van der Waals surface area contributed by atoms with Crippen LogP contribution in [0.3, 0.4) is 0 Å². The molecule has 2 aromatic carbocycles. The molecule has 3 aromatic rings. The average molecular weight is 610 g/mol. The molecular formula is C32H37F2N5O5. The number of nitrogens with zero attached hydrogens (tertiary/aromatic N) is 3. The van der Waals surface area contributed by atoms with Gasteiger partial charge in [-0.2, -0.15) is 0 Å². The van der Waals surface area contributed by atoms with Crippen molar-refractivity contribution in [2.24, 2.45) is 0 Å². The van der Waals surface area contributed by atoms with Crippen LogP contribution in [-0.4, -0.2) is 65.4 Å². The summed E-state index contributed by atoms with van der Waals surface area (Å²) in [7, 11) is 0. The largest absolute Gasteiger partial charge is 0.444 e. The molecule has 0 spiro atoms. The fourth-order valence-corrected chi connectivity index (χ4v) is 4.42. The topological polar surface area (TPSA) is 113 Å². The van der Waals surface area contributed by atoms with Crippen LogP contribution >= 0.6 is 0 Å². The lowest BCUT2D eigenvalue weighted by atomic mass is 10.0. The molecule has 1 aliphatic heterocycles. The Hall–Kier alpha value is -4.74. The van der Waals surface area contributed by atoms with E-state index in [0.717, 1.165) is 6.07 Å². The Labute approximate surface area is 255 Å². The van der Waals surface area contributed by atoms with Gasteiger partial charge in [0.05, 0.1) is 16.9 Å². The van der Waals surface area contributed by atoms with Crippen LogP contribution in [0.2, 0.25) is 0 Å². The van der Waals surface area contributed by atoms with Crippen molar-refractivity contribution in [1.82, 2.24) is 9.88 Å². The normalized spacial score (nSPS) is 13.7. The highest BCUT2D eigenvalue weighted by atomic mass is 19.1. The smallest absolute Gasteiger partial charge is 0.412 e. The second-order valence-corrected chi connectivity index (χ2v) is 12.4. The number of pyridine rings is 1. The Kier molecular flexibility index (Phi) is 9.41. The number of hydrogen-bond donors (Lipinski definition) is 2. The molecule has 0 radical (unpaired) electrons. The highest BCUT2D eigenvalue weighted by molar-refractivity contribution is 6.07. The van der Waals surface area contributed by atoms with Crippen molar-refractivity contribution in [3.8, 4) is 11.1 Å². The fourth-order valence-electron chi connectivity index (χ4n) is 4.42. The number of halogens is 2. The maximum atomic E-state index is 13.9. The molecule has 10 nitrogen and oxygen atoms in total.